The molecule has 0 bridgehead atoms. The van der Waals surface area contributed by atoms with Gasteiger partial charge in [0.25, 0.3) is 0 Å². The van der Waals surface area contributed by atoms with Crippen LogP contribution in [-0.4, -0.2) is 11.9 Å². The normalized spacial score (nSPS) is 23.0. The lowest BCUT2D eigenvalue weighted by Crippen LogP contribution is -2.41. The highest BCUT2D eigenvalue weighted by molar-refractivity contribution is 5.81. The number of rotatable bonds is 5. The molecule has 0 radical (unpaired) electrons. The number of nitrogens with one attached hydrogen (secondary N) is 1. The third-order valence-corrected chi connectivity index (χ3v) is 4.46. The van der Waals surface area contributed by atoms with Gasteiger partial charge < -0.3 is 5.32 Å². The van der Waals surface area contributed by atoms with E-state index in [1.165, 1.54) is 19.3 Å². The maximum absolute atomic E-state index is 12.3. The van der Waals surface area contributed by atoms with Gasteiger partial charge in [0.05, 0.1) is 6.07 Å². The fourth-order valence-corrected chi connectivity index (χ4v) is 3.14. The fraction of sp³-hybridized carbons (Fsp3) is 0.556. The van der Waals surface area contributed by atoms with E-state index in [4.69, 9.17) is 0 Å². The first-order chi connectivity index (χ1) is 10.2. The molecule has 1 aromatic rings. The Morgan fingerprint density at radius 3 is 2.81 bits per heavy atom. The van der Waals surface area contributed by atoms with Gasteiger partial charge in [0.1, 0.15) is 5.92 Å². The van der Waals surface area contributed by atoms with E-state index >= 15 is 0 Å². The summed E-state index contributed by atoms with van der Waals surface area (Å²) in [6.07, 6.45) is 6.23. The van der Waals surface area contributed by atoms with Gasteiger partial charge in [-0.25, -0.2) is 0 Å². The average Bonchev–Trinajstić information content (AvgIpc) is 2.53. The zero-order valence-electron chi connectivity index (χ0n) is 12.7. The van der Waals surface area contributed by atoms with Gasteiger partial charge in [0.15, 0.2) is 0 Å². The lowest BCUT2D eigenvalue weighted by atomic mass is 9.84. The molecule has 0 aromatic heterocycles. The van der Waals surface area contributed by atoms with Gasteiger partial charge >= 0.3 is 0 Å². The zero-order chi connectivity index (χ0) is 15.1. The third-order valence-electron chi connectivity index (χ3n) is 4.46. The van der Waals surface area contributed by atoms with Crippen LogP contribution in [0.2, 0.25) is 0 Å². The van der Waals surface area contributed by atoms with Crippen molar-refractivity contribution in [3.63, 3.8) is 0 Å². The Labute approximate surface area is 127 Å². The Morgan fingerprint density at radius 1 is 1.38 bits per heavy atom. The number of nitriles is 1. The molecule has 21 heavy (non-hydrogen) atoms. The van der Waals surface area contributed by atoms with Crippen LogP contribution in [0.15, 0.2) is 30.3 Å². The van der Waals surface area contributed by atoms with Crippen LogP contribution in [0.5, 0.6) is 0 Å². The molecule has 3 nitrogen and oxygen atoms in total. The predicted octanol–water partition coefficient (Wildman–Crippen LogP) is 3.45. The quantitative estimate of drug-likeness (QED) is 0.900. The van der Waals surface area contributed by atoms with Gasteiger partial charge in [-0.2, -0.15) is 5.26 Å². The van der Waals surface area contributed by atoms with Crippen LogP contribution in [0.3, 0.4) is 0 Å². The van der Waals surface area contributed by atoms with Crippen molar-refractivity contribution in [3.05, 3.63) is 35.9 Å². The third kappa shape index (κ3) is 4.60. The minimum atomic E-state index is -0.589. The molecule has 1 fully saturated rings. The lowest BCUT2D eigenvalue weighted by molar-refractivity contribution is -0.124. The van der Waals surface area contributed by atoms with Crippen LogP contribution in [-0.2, 0) is 11.2 Å². The summed E-state index contributed by atoms with van der Waals surface area (Å²) >= 11 is 0. The van der Waals surface area contributed by atoms with E-state index in [9.17, 15) is 10.1 Å². The van der Waals surface area contributed by atoms with E-state index in [1.54, 1.807) is 0 Å². The van der Waals surface area contributed by atoms with Gasteiger partial charge in [-0.1, -0.05) is 56.5 Å². The molecule has 1 saturated carbocycles. The molecule has 1 aliphatic carbocycles. The van der Waals surface area contributed by atoms with Gasteiger partial charge in [0.2, 0.25) is 5.91 Å². The smallest absolute Gasteiger partial charge is 0.237 e. The van der Waals surface area contributed by atoms with E-state index in [0.717, 1.165) is 24.3 Å². The highest BCUT2D eigenvalue weighted by Gasteiger charge is 2.25. The average molecular weight is 284 g/mol. The van der Waals surface area contributed by atoms with E-state index in [2.05, 4.69) is 18.3 Å². The number of carbonyl (C=O) groups is 1. The summed E-state index contributed by atoms with van der Waals surface area (Å²) in [6, 6.07) is 12.2. The van der Waals surface area contributed by atoms with Gasteiger partial charge in [-0.15, -0.1) is 0 Å². The number of nitrogens with zero attached hydrogens (tertiary/aromatic N) is 1. The molecule has 0 saturated heterocycles. The molecule has 1 N–H and O–H groups in total. The number of carbonyl (C=O) groups excluding carboxylic acids is 1. The summed E-state index contributed by atoms with van der Waals surface area (Å²) in [6.45, 7) is 2.21. The fourth-order valence-electron chi connectivity index (χ4n) is 3.14. The highest BCUT2D eigenvalue weighted by Crippen LogP contribution is 2.26. The maximum Gasteiger partial charge on any atom is 0.237 e. The number of amides is 1. The first-order valence-corrected chi connectivity index (χ1v) is 7.96. The van der Waals surface area contributed by atoms with Gasteiger partial charge in [-0.3, -0.25) is 4.79 Å². The molecule has 112 valence electrons. The Kier molecular flexibility index (Phi) is 5.80. The topological polar surface area (TPSA) is 52.9 Å². The molecule has 3 atom stereocenters. The summed E-state index contributed by atoms with van der Waals surface area (Å²) in [5, 5.41) is 12.4. The van der Waals surface area contributed by atoms with Crippen molar-refractivity contribution in [1.29, 1.82) is 5.26 Å². The Bertz CT molecular complexity index is 492. The minimum Gasteiger partial charge on any atom is -0.352 e. The molecule has 0 aliphatic heterocycles. The van der Waals surface area contributed by atoms with Crippen LogP contribution in [0.4, 0.5) is 0 Å². The van der Waals surface area contributed by atoms with Crippen molar-refractivity contribution >= 4 is 5.91 Å². The number of benzene rings is 1. The minimum absolute atomic E-state index is 0.108. The summed E-state index contributed by atoms with van der Waals surface area (Å²) in [7, 11) is 0. The van der Waals surface area contributed by atoms with E-state index < -0.39 is 5.92 Å². The lowest BCUT2D eigenvalue weighted by Gasteiger charge is -2.29. The summed E-state index contributed by atoms with van der Waals surface area (Å²) in [5.74, 6) is 0.0243. The molecular formula is C18H24N2O. The highest BCUT2D eigenvalue weighted by atomic mass is 16.1. The van der Waals surface area contributed by atoms with Crippen LogP contribution in [0.25, 0.3) is 0 Å². The van der Waals surface area contributed by atoms with E-state index in [-0.39, 0.29) is 11.9 Å². The molecular weight excluding hydrogens is 260 g/mol. The predicted molar refractivity (Wildman–Crippen MR) is 83.4 cm³/mol. The van der Waals surface area contributed by atoms with Crippen LogP contribution >= 0.6 is 0 Å². The van der Waals surface area contributed by atoms with Crippen molar-refractivity contribution in [2.75, 3.05) is 0 Å². The first-order valence-electron chi connectivity index (χ1n) is 7.96. The van der Waals surface area contributed by atoms with Crippen LogP contribution in [0.1, 0.15) is 44.6 Å². The largest absolute Gasteiger partial charge is 0.352 e. The van der Waals surface area contributed by atoms with E-state index in [1.807, 2.05) is 30.3 Å². The van der Waals surface area contributed by atoms with Crippen molar-refractivity contribution < 1.29 is 4.79 Å². The molecule has 3 heteroatoms. The Hall–Kier alpha value is -1.82. The second-order valence-electron chi connectivity index (χ2n) is 6.02. The van der Waals surface area contributed by atoms with E-state index in [0.29, 0.717) is 6.42 Å². The number of hydrogen-bond donors (Lipinski definition) is 1. The molecule has 1 amide bonds. The van der Waals surface area contributed by atoms with Gasteiger partial charge in [0, 0.05) is 6.04 Å². The second kappa shape index (κ2) is 7.83. The zero-order valence-corrected chi connectivity index (χ0v) is 12.7. The standard InChI is InChI=1S/C18H24N2O/c1-2-14-9-6-10-17(12-14)20-18(21)16(13-19)11-15-7-4-3-5-8-15/h3-5,7-8,14,16-17H,2,6,9-12H2,1H3,(H,20,21). The molecule has 0 heterocycles. The monoisotopic (exact) mass is 284 g/mol. The molecule has 3 unspecified atom stereocenters. The molecule has 2 rings (SSSR count). The Morgan fingerprint density at radius 2 is 2.14 bits per heavy atom. The van der Waals surface area contributed by atoms with Crippen molar-refractivity contribution in [2.24, 2.45) is 11.8 Å². The summed E-state index contributed by atoms with van der Waals surface area (Å²) in [4.78, 5) is 12.3. The van der Waals surface area contributed by atoms with Crippen LogP contribution in [0, 0.1) is 23.2 Å². The van der Waals surface area contributed by atoms with Crippen molar-refractivity contribution in [1.82, 2.24) is 5.32 Å². The van der Waals surface area contributed by atoms with Gasteiger partial charge in [-0.05, 0) is 30.7 Å². The molecule has 1 aliphatic rings. The summed E-state index contributed by atoms with van der Waals surface area (Å²) in [5.41, 5.74) is 1.04. The summed E-state index contributed by atoms with van der Waals surface area (Å²) < 4.78 is 0. The van der Waals surface area contributed by atoms with Crippen molar-refractivity contribution in [2.45, 2.75) is 51.5 Å². The maximum atomic E-state index is 12.3. The number of hydrogen-bond acceptors (Lipinski definition) is 2. The van der Waals surface area contributed by atoms with Crippen molar-refractivity contribution in [3.8, 4) is 6.07 Å². The second-order valence-corrected chi connectivity index (χ2v) is 6.02. The SMILES string of the molecule is CCC1CCCC(NC(=O)C(C#N)Cc2ccccc2)C1. The molecule has 0 spiro atoms. The van der Waals surface area contributed by atoms with Crippen LogP contribution < -0.4 is 5.32 Å². The first kappa shape index (κ1) is 15.6. The Balaban J connectivity index is 1.90. The molecule has 1 aromatic carbocycles.